The minimum Gasteiger partial charge on any atom is -0.393 e. The summed E-state index contributed by atoms with van der Waals surface area (Å²) in [5.41, 5.74) is 1.21. The second kappa shape index (κ2) is 4.45. The molecule has 0 aliphatic heterocycles. The summed E-state index contributed by atoms with van der Waals surface area (Å²) < 4.78 is 1.11. The van der Waals surface area contributed by atoms with Gasteiger partial charge in [-0.25, -0.2) is 0 Å². The number of rotatable bonds is 4. The molecule has 1 nitrogen and oxygen atoms in total. The molecule has 1 unspecified atom stereocenters. The summed E-state index contributed by atoms with van der Waals surface area (Å²) in [6.45, 7) is 0. The van der Waals surface area contributed by atoms with Crippen molar-refractivity contribution in [1.82, 2.24) is 0 Å². The molecule has 1 aliphatic carbocycles. The van der Waals surface area contributed by atoms with Gasteiger partial charge in [0.25, 0.3) is 0 Å². The van der Waals surface area contributed by atoms with Crippen molar-refractivity contribution in [3.63, 3.8) is 0 Å². The third-order valence-electron chi connectivity index (χ3n) is 2.72. The van der Waals surface area contributed by atoms with Crippen LogP contribution < -0.4 is 0 Å². The summed E-state index contributed by atoms with van der Waals surface area (Å²) in [5, 5.41) is 9.82. The van der Waals surface area contributed by atoms with Gasteiger partial charge in [-0.2, -0.15) is 0 Å². The number of halogens is 1. The van der Waals surface area contributed by atoms with Gasteiger partial charge in [-0.05, 0) is 30.4 Å². The van der Waals surface area contributed by atoms with Gasteiger partial charge in [0.1, 0.15) is 0 Å². The lowest BCUT2D eigenvalue weighted by atomic mass is 10.0. The smallest absolute Gasteiger partial charge is 0.0583 e. The Morgan fingerprint density at radius 1 is 1.36 bits per heavy atom. The van der Waals surface area contributed by atoms with E-state index in [4.69, 9.17) is 0 Å². The lowest BCUT2D eigenvalue weighted by Gasteiger charge is -2.10. The molecular formula is C12H15BrO. The molecule has 1 aromatic carbocycles. The molecule has 1 aliphatic rings. The summed E-state index contributed by atoms with van der Waals surface area (Å²) in [6.07, 6.45) is 4.21. The lowest BCUT2D eigenvalue weighted by Crippen LogP contribution is -2.11. The molecule has 2 heteroatoms. The number of aliphatic hydroxyl groups excluding tert-OH is 1. The molecular weight excluding hydrogens is 240 g/mol. The van der Waals surface area contributed by atoms with Crippen LogP contribution in [0.3, 0.4) is 0 Å². The molecule has 2 rings (SSSR count). The highest BCUT2D eigenvalue weighted by Gasteiger charge is 2.24. The molecule has 0 radical (unpaired) electrons. The largest absolute Gasteiger partial charge is 0.393 e. The SMILES string of the molecule is OC(Cc1ccccc1Br)CC1CC1. The molecule has 0 spiro atoms. The molecule has 14 heavy (non-hydrogen) atoms. The summed E-state index contributed by atoms with van der Waals surface area (Å²) in [6, 6.07) is 8.12. The first-order chi connectivity index (χ1) is 6.75. The first kappa shape index (κ1) is 10.2. The van der Waals surface area contributed by atoms with Gasteiger partial charge < -0.3 is 5.11 Å². The van der Waals surface area contributed by atoms with Gasteiger partial charge in [0.15, 0.2) is 0 Å². The van der Waals surface area contributed by atoms with E-state index in [1.807, 2.05) is 18.2 Å². The third-order valence-corrected chi connectivity index (χ3v) is 3.49. The summed E-state index contributed by atoms with van der Waals surface area (Å²) in [4.78, 5) is 0. The maximum atomic E-state index is 9.82. The Bertz CT molecular complexity index is 307. The van der Waals surface area contributed by atoms with E-state index in [1.165, 1.54) is 18.4 Å². The number of hydrogen-bond donors (Lipinski definition) is 1. The second-order valence-corrected chi connectivity index (χ2v) is 4.98. The van der Waals surface area contributed by atoms with Crippen LogP contribution in [0.4, 0.5) is 0 Å². The van der Waals surface area contributed by atoms with E-state index in [0.29, 0.717) is 0 Å². The fraction of sp³-hybridized carbons (Fsp3) is 0.500. The van der Waals surface area contributed by atoms with Crippen molar-refractivity contribution < 1.29 is 5.11 Å². The predicted molar refractivity (Wildman–Crippen MR) is 61.2 cm³/mol. The van der Waals surface area contributed by atoms with Gasteiger partial charge >= 0.3 is 0 Å². The molecule has 1 aromatic rings. The van der Waals surface area contributed by atoms with E-state index < -0.39 is 0 Å². The van der Waals surface area contributed by atoms with Gasteiger partial charge in [-0.1, -0.05) is 47.0 Å². The van der Waals surface area contributed by atoms with Crippen LogP contribution in [0.15, 0.2) is 28.7 Å². The zero-order valence-electron chi connectivity index (χ0n) is 8.12. The van der Waals surface area contributed by atoms with Crippen molar-refractivity contribution in [2.75, 3.05) is 0 Å². The van der Waals surface area contributed by atoms with Crippen LogP contribution in [-0.2, 0) is 6.42 Å². The average molecular weight is 255 g/mol. The monoisotopic (exact) mass is 254 g/mol. The Balaban J connectivity index is 1.91. The molecule has 0 aromatic heterocycles. The van der Waals surface area contributed by atoms with Crippen molar-refractivity contribution in [3.8, 4) is 0 Å². The topological polar surface area (TPSA) is 20.2 Å². The van der Waals surface area contributed by atoms with Crippen molar-refractivity contribution in [2.24, 2.45) is 5.92 Å². The first-order valence-electron chi connectivity index (χ1n) is 5.17. The van der Waals surface area contributed by atoms with Crippen molar-refractivity contribution in [1.29, 1.82) is 0 Å². The van der Waals surface area contributed by atoms with Crippen LogP contribution in [0.1, 0.15) is 24.8 Å². The Morgan fingerprint density at radius 2 is 2.07 bits per heavy atom. The Labute approximate surface area is 93.3 Å². The molecule has 0 bridgehead atoms. The molecule has 0 heterocycles. The summed E-state index contributed by atoms with van der Waals surface area (Å²) >= 11 is 3.50. The molecule has 0 amide bonds. The van der Waals surface area contributed by atoms with Crippen LogP contribution in [0, 0.1) is 5.92 Å². The highest BCUT2D eigenvalue weighted by atomic mass is 79.9. The van der Waals surface area contributed by atoms with Crippen LogP contribution in [0.5, 0.6) is 0 Å². The van der Waals surface area contributed by atoms with E-state index in [-0.39, 0.29) is 6.10 Å². The van der Waals surface area contributed by atoms with Crippen molar-refractivity contribution in [2.45, 2.75) is 31.8 Å². The van der Waals surface area contributed by atoms with E-state index >= 15 is 0 Å². The van der Waals surface area contributed by atoms with E-state index in [9.17, 15) is 5.11 Å². The Morgan fingerprint density at radius 3 is 2.71 bits per heavy atom. The van der Waals surface area contributed by atoms with Gasteiger partial charge in [0.2, 0.25) is 0 Å². The molecule has 1 N–H and O–H groups in total. The maximum Gasteiger partial charge on any atom is 0.0583 e. The number of hydrogen-bond acceptors (Lipinski definition) is 1. The van der Waals surface area contributed by atoms with Gasteiger partial charge in [-0.15, -0.1) is 0 Å². The Hall–Kier alpha value is -0.340. The molecule has 1 fully saturated rings. The van der Waals surface area contributed by atoms with Gasteiger partial charge in [-0.3, -0.25) is 0 Å². The molecule has 76 valence electrons. The minimum atomic E-state index is -0.166. The van der Waals surface area contributed by atoms with E-state index in [2.05, 4.69) is 22.0 Å². The Kier molecular flexibility index (Phi) is 3.24. The number of benzene rings is 1. The predicted octanol–water partition coefficient (Wildman–Crippen LogP) is 3.15. The molecule has 1 atom stereocenters. The fourth-order valence-electron chi connectivity index (χ4n) is 1.74. The number of aliphatic hydroxyl groups is 1. The third kappa shape index (κ3) is 2.82. The normalized spacial score (nSPS) is 18.1. The molecule has 0 saturated heterocycles. The van der Waals surface area contributed by atoms with Crippen LogP contribution in [-0.4, -0.2) is 11.2 Å². The summed E-state index contributed by atoms with van der Waals surface area (Å²) in [7, 11) is 0. The van der Waals surface area contributed by atoms with Crippen molar-refractivity contribution >= 4 is 15.9 Å². The zero-order chi connectivity index (χ0) is 9.97. The lowest BCUT2D eigenvalue weighted by molar-refractivity contribution is 0.158. The van der Waals surface area contributed by atoms with Crippen LogP contribution in [0.25, 0.3) is 0 Å². The highest BCUT2D eigenvalue weighted by molar-refractivity contribution is 9.10. The summed E-state index contributed by atoms with van der Waals surface area (Å²) in [5.74, 6) is 0.799. The van der Waals surface area contributed by atoms with E-state index in [0.717, 1.165) is 23.2 Å². The van der Waals surface area contributed by atoms with Crippen LogP contribution >= 0.6 is 15.9 Å². The van der Waals surface area contributed by atoms with Crippen molar-refractivity contribution in [3.05, 3.63) is 34.3 Å². The van der Waals surface area contributed by atoms with Gasteiger partial charge in [0.05, 0.1) is 6.10 Å². The fourth-order valence-corrected chi connectivity index (χ4v) is 2.19. The van der Waals surface area contributed by atoms with E-state index in [1.54, 1.807) is 0 Å². The quantitative estimate of drug-likeness (QED) is 0.876. The van der Waals surface area contributed by atoms with Gasteiger partial charge in [0, 0.05) is 4.47 Å². The minimum absolute atomic E-state index is 0.166. The molecule has 1 saturated carbocycles. The first-order valence-corrected chi connectivity index (χ1v) is 5.96. The standard InChI is InChI=1S/C12H15BrO/c13-12-4-2-1-3-10(12)8-11(14)7-9-5-6-9/h1-4,9,11,14H,5-8H2. The second-order valence-electron chi connectivity index (χ2n) is 4.13. The average Bonchev–Trinajstić information content (AvgIpc) is 2.93. The highest BCUT2D eigenvalue weighted by Crippen LogP contribution is 2.34. The maximum absolute atomic E-state index is 9.82. The van der Waals surface area contributed by atoms with Crippen LogP contribution in [0.2, 0.25) is 0 Å². The zero-order valence-corrected chi connectivity index (χ0v) is 9.70.